The lowest BCUT2D eigenvalue weighted by Crippen LogP contribution is -1.96. The van der Waals surface area contributed by atoms with E-state index in [2.05, 4.69) is 35.8 Å². The van der Waals surface area contributed by atoms with Gasteiger partial charge in [-0.05, 0) is 29.7 Å². The molecule has 0 saturated heterocycles. The third-order valence-corrected chi connectivity index (χ3v) is 3.89. The van der Waals surface area contributed by atoms with Crippen molar-refractivity contribution in [3.05, 3.63) is 58.6 Å². The Hall–Kier alpha value is -0.990. The van der Waals surface area contributed by atoms with Gasteiger partial charge in [-0.1, -0.05) is 65.6 Å². The van der Waals surface area contributed by atoms with Gasteiger partial charge >= 0.3 is 0 Å². The second-order valence-electron chi connectivity index (χ2n) is 4.64. The largest absolute Gasteiger partial charge is 0.457 e. The van der Waals surface area contributed by atoms with Crippen LogP contribution in [0.4, 0.5) is 0 Å². The molecule has 0 spiro atoms. The summed E-state index contributed by atoms with van der Waals surface area (Å²) in [6, 6.07) is 13.8. The highest BCUT2D eigenvalue weighted by Gasteiger charge is 2.11. The summed E-state index contributed by atoms with van der Waals surface area (Å²) in [5.74, 6) is 2.11. The Morgan fingerprint density at radius 1 is 1.05 bits per heavy atom. The molecule has 1 nitrogen and oxygen atoms in total. The van der Waals surface area contributed by atoms with Crippen molar-refractivity contribution in [2.75, 3.05) is 0 Å². The van der Waals surface area contributed by atoms with Gasteiger partial charge in [0, 0.05) is 15.9 Å². The van der Waals surface area contributed by atoms with E-state index in [1.54, 1.807) is 0 Å². The van der Waals surface area contributed by atoms with Crippen molar-refractivity contribution < 1.29 is 4.74 Å². The molecular formula is C16H16BrClO. The second kappa shape index (κ2) is 6.44. The van der Waals surface area contributed by atoms with Crippen LogP contribution in [-0.4, -0.2) is 0 Å². The van der Waals surface area contributed by atoms with E-state index in [-0.39, 0.29) is 0 Å². The number of para-hydroxylation sites is 1. The zero-order chi connectivity index (χ0) is 13.8. The number of benzene rings is 2. The third kappa shape index (κ3) is 3.31. The molecule has 0 radical (unpaired) electrons. The number of hydrogen-bond donors (Lipinski definition) is 0. The third-order valence-electron chi connectivity index (χ3n) is 2.97. The summed E-state index contributed by atoms with van der Waals surface area (Å²) in [4.78, 5) is 0. The zero-order valence-corrected chi connectivity index (χ0v) is 13.3. The van der Waals surface area contributed by atoms with Crippen LogP contribution in [0.5, 0.6) is 11.5 Å². The summed E-state index contributed by atoms with van der Waals surface area (Å²) >= 11 is 9.64. The van der Waals surface area contributed by atoms with Crippen LogP contribution in [0.15, 0.2) is 42.5 Å². The highest BCUT2D eigenvalue weighted by molar-refractivity contribution is 9.08. The average Bonchev–Trinajstić information content (AvgIpc) is 2.39. The summed E-state index contributed by atoms with van der Waals surface area (Å²) in [6.07, 6.45) is 0. The van der Waals surface area contributed by atoms with Gasteiger partial charge in [0.15, 0.2) is 0 Å². The standard InChI is InChI=1S/C16H16BrClO/c1-11(2)12-6-3-4-8-15(12)19-16-9-5-7-14(18)13(16)10-17/h3-9,11H,10H2,1-2H3. The predicted octanol–water partition coefficient (Wildman–Crippen LogP) is 6.15. The molecule has 0 amide bonds. The van der Waals surface area contributed by atoms with Crippen LogP contribution >= 0.6 is 27.5 Å². The molecule has 0 atom stereocenters. The minimum atomic E-state index is 0.419. The monoisotopic (exact) mass is 338 g/mol. The molecule has 0 heterocycles. The van der Waals surface area contributed by atoms with Crippen molar-refractivity contribution in [2.24, 2.45) is 0 Å². The van der Waals surface area contributed by atoms with E-state index in [4.69, 9.17) is 16.3 Å². The SMILES string of the molecule is CC(C)c1ccccc1Oc1cccc(Cl)c1CBr. The first kappa shape index (κ1) is 14.4. The molecule has 0 N–H and O–H groups in total. The van der Waals surface area contributed by atoms with Gasteiger partial charge in [0.25, 0.3) is 0 Å². The first-order valence-electron chi connectivity index (χ1n) is 6.23. The Kier molecular flexibility index (Phi) is 4.89. The maximum atomic E-state index is 6.19. The molecule has 19 heavy (non-hydrogen) atoms. The van der Waals surface area contributed by atoms with Crippen LogP contribution in [0, 0.1) is 0 Å². The highest BCUT2D eigenvalue weighted by Crippen LogP contribution is 2.35. The lowest BCUT2D eigenvalue weighted by molar-refractivity contribution is 0.469. The maximum absolute atomic E-state index is 6.19. The van der Waals surface area contributed by atoms with Crippen LogP contribution in [0.25, 0.3) is 0 Å². The molecule has 3 heteroatoms. The highest BCUT2D eigenvalue weighted by atomic mass is 79.9. The summed E-state index contributed by atoms with van der Waals surface area (Å²) < 4.78 is 6.06. The Bertz CT molecular complexity index is 566. The first-order chi connectivity index (χ1) is 9.13. The Balaban J connectivity index is 2.39. The van der Waals surface area contributed by atoms with Gasteiger partial charge in [-0.3, -0.25) is 0 Å². The molecule has 2 aromatic carbocycles. The molecule has 2 rings (SSSR count). The smallest absolute Gasteiger partial charge is 0.132 e. The molecule has 0 unspecified atom stereocenters. The van der Waals surface area contributed by atoms with Crippen molar-refractivity contribution in [3.63, 3.8) is 0 Å². The van der Waals surface area contributed by atoms with Gasteiger partial charge in [0.05, 0.1) is 0 Å². The number of alkyl halides is 1. The lowest BCUT2D eigenvalue weighted by Gasteiger charge is -2.15. The average molecular weight is 340 g/mol. The summed E-state index contributed by atoms with van der Waals surface area (Å²) in [5, 5.41) is 1.39. The fourth-order valence-corrected chi connectivity index (χ4v) is 2.91. The van der Waals surface area contributed by atoms with E-state index < -0.39 is 0 Å². The van der Waals surface area contributed by atoms with Crippen molar-refractivity contribution >= 4 is 27.5 Å². The zero-order valence-electron chi connectivity index (χ0n) is 11.0. The van der Waals surface area contributed by atoms with Gasteiger partial charge in [-0.15, -0.1) is 0 Å². The Morgan fingerprint density at radius 2 is 1.74 bits per heavy atom. The molecule has 0 aliphatic heterocycles. The van der Waals surface area contributed by atoms with Crippen LogP contribution in [0.3, 0.4) is 0 Å². The second-order valence-corrected chi connectivity index (χ2v) is 5.61. The van der Waals surface area contributed by atoms with E-state index in [0.717, 1.165) is 22.1 Å². The Labute approximate surface area is 127 Å². The van der Waals surface area contributed by atoms with Gasteiger partial charge in [-0.25, -0.2) is 0 Å². The van der Waals surface area contributed by atoms with Gasteiger partial charge in [-0.2, -0.15) is 0 Å². The van der Waals surface area contributed by atoms with Crippen LogP contribution < -0.4 is 4.74 Å². The Morgan fingerprint density at radius 3 is 2.42 bits per heavy atom. The van der Waals surface area contributed by atoms with Gasteiger partial charge in [0.2, 0.25) is 0 Å². The molecule has 0 saturated carbocycles. The molecular weight excluding hydrogens is 324 g/mol. The first-order valence-corrected chi connectivity index (χ1v) is 7.73. The number of hydrogen-bond acceptors (Lipinski definition) is 1. The van der Waals surface area contributed by atoms with E-state index >= 15 is 0 Å². The number of rotatable bonds is 4. The number of ether oxygens (including phenoxy) is 1. The van der Waals surface area contributed by atoms with Gasteiger partial charge in [0.1, 0.15) is 11.5 Å². The van der Waals surface area contributed by atoms with Crippen molar-refractivity contribution in [3.8, 4) is 11.5 Å². The summed E-state index contributed by atoms with van der Waals surface area (Å²) in [7, 11) is 0. The van der Waals surface area contributed by atoms with E-state index in [1.165, 1.54) is 5.56 Å². The lowest BCUT2D eigenvalue weighted by atomic mass is 10.0. The molecule has 2 aromatic rings. The molecule has 0 aliphatic carbocycles. The summed E-state index contributed by atoms with van der Waals surface area (Å²) in [5.41, 5.74) is 2.17. The number of halogens is 2. The summed E-state index contributed by atoms with van der Waals surface area (Å²) in [6.45, 7) is 4.32. The van der Waals surface area contributed by atoms with Crippen LogP contribution in [0.1, 0.15) is 30.9 Å². The molecule has 0 bridgehead atoms. The predicted molar refractivity (Wildman–Crippen MR) is 84.7 cm³/mol. The van der Waals surface area contributed by atoms with Gasteiger partial charge < -0.3 is 4.74 Å². The van der Waals surface area contributed by atoms with Crippen molar-refractivity contribution in [1.82, 2.24) is 0 Å². The minimum absolute atomic E-state index is 0.419. The minimum Gasteiger partial charge on any atom is -0.457 e. The maximum Gasteiger partial charge on any atom is 0.132 e. The van der Waals surface area contributed by atoms with Crippen molar-refractivity contribution in [2.45, 2.75) is 25.1 Å². The molecule has 100 valence electrons. The van der Waals surface area contributed by atoms with Crippen LogP contribution in [0.2, 0.25) is 5.02 Å². The van der Waals surface area contributed by atoms with E-state index in [1.807, 2.05) is 36.4 Å². The van der Waals surface area contributed by atoms with Crippen LogP contribution in [-0.2, 0) is 5.33 Å². The fourth-order valence-electron chi connectivity index (χ4n) is 1.93. The molecule has 0 aromatic heterocycles. The van der Waals surface area contributed by atoms with E-state index in [0.29, 0.717) is 11.2 Å². The normalized spacial score (nSPS) is 10.8. The topological polar surface area (TPSA) is 9.23 Å². The fraction of sp³-hybridized carbons (Fsp3) is 0.250. The van der Waals surface area contributed by atoms with Crippen molar-refractivity contribution in [1.29, 1.82) is 0 Å². The molecule has 0 fully saturated rings. The van der Waals surface area contributed by atoms with E-state index in [9.17, 15) is 0 Å². The quantitative estimate of drug-likeness (QED) is 0.607. The molecule has 0 aliphatic rings.